The van der Waals surface area contributed by atoms with E-state index in [2.05, 4.69) is 16.5 Å². The molecule has 139 valence electrons. The Balaban J connectivity index is -0.000000569. The van der Waals surface area contributed by atoms with Crippen molar-refractivity contribution in [3.63, 3.8) is 0 Å². The molecule has 2 heterocycles. The van der Waals surface area contributed by atoms with E-state index in [9.17, 15) is 4.79 Å². The smallest absolute Gasteiger partial charge is 0.121 e. The van der Waals surface area contributed by atoms with Gasteiger partial charge < -0.3 is 9.69 Å². The largest absolute Gasteiger partial charge is 0.377 e. The number of rotatable bonds is 3. The van der Waals surface area contributed by atoms with Crippen LogP contribution in [0.1, 0.15) is 61.8 Å². The van der Waals surface area contributed by atoms with Crippen LogP contribution in [0.15, 0.2) is 41.1 Å². The van der Waals surface area contributed by atoms with E-state index in [0.717, 1.165) is 30.1 Å². The molecular weight excluding hydrogens is 470 g/mol. The van der Waals surface area contributed by atoms with Gasteiger partial charge >= 0.3 is 0 Å². The molecule has 0 bridgehead atoms. The maximum atomic E-state index is 11.5. The summed E-state index contributed by atoms with van der Waals surface area (Å²) in [7, 11) is 0. The summed E-state index contributed by atoms with van der Waals surface area (Å²) in [6, 6.07) is -0.111. The fraction of sp³-hybridized carbons (Fsp3) is 0.550. The Kier molecular flexibility index (Phi) is 19.6. The minimum Gasteiger partial charge on any atom is -0.377 e. The Bertz CT molecular complexity index is 451. The normalized spacial score (nSPS) is 17.8. The van der Waals surface area contributed by atoms with Crippen LogP contribution >= 0.6 is 0 Å². The molecule has 4 heteroatoms. The minimum atomic E-state index is -0.111. The van der Waals surface area contributed by atoms with E-state index in [1.54, 1.807) is 13.0 Å². The Labute approximate surface area is 163 Å². The first-order valence-electron chi connectivity index (χ1n) is 8.83. The topological polar surface area (TPSA) is 32.7 Å². The molecule has 1 unspecified atom stereocenters. The average molecular weight is 506 g/mol. The fourth-order valence-electron chi connectivity index (χ4n) is 2.30. The Morgan fingerprint density at radius 3 is 2.21 bits per heavy atom. The maximum Gasteiger partial charge on any atom is 0.121 e. The number of nitrogens with zero attached hydrogens (tertiary/aromatic N) is 2. The van der Waals surface area contributed by atoms with Crippen LogP contribution in [0.5, 0.6) is 0 Å². The van der Waals surface area contributed by atoms with E-state index in [0.29, 0.717) is 0 Å². The van der Waals surface area contributed by atoms with Gasteiger partial charge in [-0.15, -0.1) is 6.42 Å². The monoisotopic (exact) mass is 506 g/mol. The maximum absolute atomic E-state index is 11.5. The molecule has 0 aliphatic carbocycles. The SMILES string of the molecule is C=CC1=C(/C=C\C)CN2C(=N1)C[CH-]C2C(C)=O.CC.CC.CC.[Re]. The molecule has 0 saturated carbocycles. The van der Waals surface area contributed by atoms with Crippen molar-refractivity contribution < 1.29 is 25.2 Å². The summed E-state index contributed by atoms with van der Waals surface area (Å²) in [5.74, 6) is 1.16. The van der Waals surface area contributed by atoms with Crippen molar-refractivity contribution in [1.29, 1.82) is 0 Å². The molecule has 0 amide bonds. The summed E-state index contributed by atoms with van der Waals surface area (Å²) in [5.41, 5.74) is 2.04. The van der Waals surface area contributed by atoms with Crippen LogP contribution in [0.25, 0.3) is 0 Å². The quantitative estimate of drug-likeness (QED) is 0.484. The number of hydrogen-bond donors (Lipinski definition) is 0. The first kappa shape index (κ1) is 27.9. The van der Waals surface area contributed by atoms with Crippen LogP contribution in [-0.4, -0.2) is 29.1 Å². The summed E-state index contributed by atoms with van der Waals surface area (Å²) < 4.78 is 0. The number of ketones is 1. The second kappa shape index (κ2) is 16.9. The molecule has 0 aromatic carbocycles. The van der Waals surface area contributed by atoms with Crippen molar-refractivity contribution in [3.05, 3.63) is 42.5 Å². The summed E-state index contributed by atoms with van der Waals surface area (Å²) in [6.45, 7) is 20.1. The molecule has 1 fully saturated rings. The molecule has 1 saturated heterocycles. The van der Waals surface area contributed by atoms with Crippen LogP contribution in [0.4, 0.5) is 0 Å². The molecule has 0 aromatic rings. The van der Waals surface area contributed by atoms with E-state index in [4.69, 9.17) is 0 Å². The predicted molar refractivity (Wildman–Crippen MR) is 104 cm³/mol. The Morgan fingerprint density at radius 1 is 1.25 bits per heavy atom. The third-order valence-electron chi connectivity index (χ3n) is 3.09. The van der Waals surface area contributed by atoms with E-state index in [1.165, 1.54) is 0 Å². The second-order valence-electron chi connectivity index (χ2n) is 4.27. The van der Waals surface area contributed by atoms with Crippen LogP contribution in [-0.2, 0) is 25.2 Å². The van der Waals surface area contributed by atoms with Crippen LogP contribution in [0.3, 0.4) is 0 Å². The molecule has 2 aliphatic heterocycles. The molecule has 24 heavy (non-hydrogen) atoms. The van der Waals surface area contributed by atoms with E-state index < -0.39 is 0 Å². The van der Waals surface area contributed by atoms with Crippen molar-refractivity contribution in [2.75, 3.05) is 6.54 Å². The number of fused-ring (bicyclic) bond motifs is 1. The number of aliphatic imine (C=N–C) groups is 1. The van der Waals surface area contributed by atoms with Crippen molar-refractivity contribution in [2.45, 2.75) is 67.9 Å². The first-order valence-corrected chi connectivity index (χ1v) is 8.83. The van der Waals surface area contributed by atoms with Gasteiger partial charge in [-0.25, -0.2) is 4.99 Å². The molecular formula is C20H35N2ORe-. The fourth-order valence-corrected chi connectivity index (χ4v) is 2.30. The standard InChI is InChI=1S/C14H17N2O.3C2H6.Re/c1-4-6-11-9-16-13(10(3)17)7-8-14(16)15-12(11)5-2;3*1-2;/h4-7,13H,2,8-9H2,1,3H3;3*1-2H3;/q-1;;;;/b6-4-;;;;. The molecule has 1 atom stereocenters. The summed E-state index contributed by atoms with van der Waals surface area (Å²) in [4.78, 5) is 18.2. The third kappa shape index (κ3) is 7.73. The third-order valence-corrected chi connectivity index (χ3v) is 3.09. The molecule has 2 rings (SSSR count). The molecule has 1 radical (unpaired) electrons. The summed E-state index contributed by atoms with van der Waals surface area (Å²) in [6.07, 6.45) is 8.60. The number of Topliss-reactive ketones (excluding diaryl/α,β-unsaturated/α-hetero) is 1. The number of carbonyl (C=O) groups excluding carboxylic acids is 1. The van der Waals surface area contributed by atoms with Gasteiger partial charge in [0.1, 0.15) is 5.78 Å². The van der Waals surface area contributed by atoms with E-state index in [1.807, 2.05) is 67.0 Å². The molecule has 0 aromatic heterocycles. The van der Waals surface area contributed by atoms with Gasteiger partial charge in [0.05, 0.1) is 11.5 Å². The zero-order valence-corrected chi connectivity index (χ0v) is 19.4. The molecule has 2 aliphatic rings. The van der Waals surface area contributed by atoms with Gasteiger partial charge in [0, 0.05) is 27.0 Å². The minimum absolute atomic E-state index is 0. The average Bonchev–Trinajstić information content (AvgIpc) is 3.03. The molecule has 0 N–H and O–H groups in total. The van der Waals surface area contributed by atoms with Crippen molar-refractivity contribution in [3.8, 4) is 0 Å². The summed E-state index contributed by atoms with van der Waals surface area (Å²) in [5, 5.41) is 0. The zero-order valence-electron chi connectivity index (χ0n) is 16.7. The number of hydrogen-bond acceptors (Lipinski definition) is 3. The van der Waals surface area contributed by atoms with Gasteiger partial charge in [0.15, 0.2) is 0 Å². The number of amidine groups is 1. The number of allylic oxidation sites excluding steroid dienone is 2. The van der Waals surface area contributed by atoms with Crippen LogP contribution < -0.4 is 0 Å². The van der Waals surface area contributed by atoms with Crippen molar-refractivity contribution in [1.82, 2.24) is 4.90 Å². The van der Waals surface area contributed by atoms with Gasteiger partial charge in [-0.1, -0.05) is 60.3 Å². The molecule has 0 spiro atoms. The van der Waals surface area contributed by atoms with Gasteiger partial charge in [0.25, 0.3) is 0 Å². The summed E-state index contributed by atoms with van der Waals surface area (Å²) >= 11 is 0. The van der Waals surface area contributed by atoms with Gasteiger partial charge in [-0.05, 0) is 31.5 Å². The van der Waals surface area contributed by atoms with Crippen molar-refractivity contribution >= 4 is 11.6 Å². The van der Waals surface area contributed by atoms with Gasteiger partial charge in [0.2, 0.25) is 0 Å². The van der Waals surface area contributed by atoms with Crippen LogP contribution in [0, 0.1) is 6.42 Å². The van der Waals surface area contributed by atoms with E-state index in [-0.39, 0.29) is 32.2 Å². The van der Waals surface area contributed by atoms with Gasteiger partial charge in [-0.3, -0.25) is 6.42 Å². The van der Waals surface area contributed by atoms with Crippen molar-refractivity contribution in [2.24, 2.45) is 4.99 Å². The first-order chi connectivity index (χ1) is 11.2. The zero-order chi connectivity index (χ0) is 18.4. The Hall–Kier alpha value is -0.978. The van der Waals surface area contributed by atoms with E-state index >= 15 is 0 Å². The van der Waals surface area contributed by atoms with Gasteiger partial charge in [-0.2, -0.15) is 0 Å². The number of carbonyl (C=O) groups is 1. The predicted octanol–water partition coefficient (Wildman–Crippen LogP) is 5.36. The Morgan fingerprint density at radius 2 is 1.79 bits per heavy atom. The van der Waals surface area contributed by atoms with Crippen LogP contribution in [0.2, 0.25) is 0 Å². The molecule has 3 nitrogen and oxygen atoms in total. The second-order valence-corrected chi connectivity index (χ2v) is 4.27.